The molecule has 3 rings (SSSR count). The molecule has 2 aromatic carbocycles. The van der Waals surface area contributed by atoms with E-state index in [4.69, 9.17) is 5.26 Å². The summed E-state index contributed by atoms with van der Waals surface area (Å²) in [6, 6.07) is 16.0. The molecule has 4 nitrogen and oxygen atoms in total. The van der Waals surface area contributed by atoms with Crippen LogP contribution in [0.3, 0.4) is 0 Å². The Labute approximate surface area is 147 Å². The maximum atomic E-state index is 13.2. The Morgan fingerprint density at radius 3 is 2.48 bits per heavy atom. The normalized spacial score (nSPS) is 15.0. The van der Waals surface area contributed by atoms with Crippen LogP contribution >= 0.6 is 0 Å². The van der Waals surface area contributed by atoms with Gasteiger partial charge in [-0.2, -0.15) is 5.26 Å². The number of quaternary nitrogens is 1. The Kier molecular flexibility index (Phi) is 5.42. The van der Waals surface area contributed by atoms with Gasteiger partial charge in [-0.15, -0.1) is 0 Å². The number of nitrogens with one attached hydrogen (secondary N) is 1. The molecule has 5 heteroatoms. The van der Waals surface area contributed by atoms with Gasteiger partial charge >= 0.3 is 0 Å². The van der Waals surface area contributed by atoms with Crippen LogP contribution in [-0.2, 0) is 17.8 Å². The van der Waals surface area contributed by atoms with Crippen LogP contribution in [0, 0.1) is 17.1 Å². The summed E-state index contributed by atoms with van der Waals surface area (Å²) in [6.45, 7) is 4.14. The molecular formula is C20H21FN3O+. The van der Waals surface area contributed by atoms with Gasteiger partial charge in [-0.3, -0.25) is 4.79 Å². The number of piperazine rings is 1. The Bertz CT molecular complexity index is 774. The van der Waals surface area contributed by atoms with Gasteiger partial charge in [0, 0.05) is 5.56 Å². The third-order valence-corrected chi connectivity index (χ3v) is 4.60. The summed E-state index contributed by atoms with van der Waals surface area (Å²) >= 11 is 0. The molecule has 0 unspecified atom stereocenters. The van der Waals surface area contributed by atoms with Crippen LogP contribution < -0.4 is 4.90 Å². The Hall–Kier alpha value is -2.71. The second-order valence-corrected chi connectivity index (χ2v) is 6.42. The minimum atomic E-state index is -0.304. The van der Waals surface area contributed by atoms with Gasteiger partial charge in [0.05, 0.1) is 44.2 Å². The zero-order valence-corrected chi connectivity index (χ0v) is 14.0. The minimum Gasteiger partial charge on any atom is -0.331 e. The highest BCUT2D eigenvalue weighted by atomic mass is 19.1. The van der Waals surface area contributed by atoms with E-state index in [1.807, 2.05) is 29.2 Å². The summed E-state index contributed by atoms with van der Waals surface area (Å²) in [5.74, 6) is -0.245. The fraction of sp³-hybridized carbons (Fsp3) is 0.300. The molecule has 1 heterocycles. The van der Waals surface area contributed by atoms with Crippen LogP contribution in [0.5, 0.6) is 0 Å². The highest BCUT2D eigenvalue weighted by molar-refractivity contribution is 5.78. The number of hydrogen-bond acceptors (Lipinski definition) is 2. The van der Waals surface area contributed by atoms with Crippen LogP contribution in [0.25, 0.3) is 0 Å². The number of benzene rings is 2. The van der Waals surface area contributed by atoms with Crippen molar-refractivity contribution in [3.8, 4) is 6.07 Å². The first-order valence-corrected chi connectivity index (χ1v) is 8.49. The van der Waals surface area contributed by atoms with E-state index < -0.39 is 0 Å². The molecule has 1 aliphatic heterocycles. The van der Waals surface area contributed by atoms with Crippen molar-refractivity contribution in [3.05, 3.63) is 71.0 Å². The van der Waals surface area contributed by atoms with E-state index in [1.54, 1.807) is 12.1 Å². The average molecular weight is 338 g/mol. The first kappa shape index (κ1) is 17.1. The van der Waals surface area contributed by atoms with Crippen molar-refractivity contribution in [3.63, 3.8) is 0 Å². The summed E-state index contributed by atoms with van der Waals surface area (Å²) in [5.41, 5.74) is 2.59. The molecule has 128 valence electrons. The fourth-order valence-corrected chi connectivity index (χ4v) is 3.17. The summed E-state index contributed by atoms with van der Waals surface area (Å²) in [7, 11) is 0. The van der Waals surface area contributed by atoms with E-state index in [9.17, 15) is 9.18 Å². The molecule has 0 bridgehead atoms. The number of carbonyl (C=O) groups is 1. The van der Waals surface area contributed by atoms with Crippen molar-refractivity contribution in [2.45, 2.75) is 13.0 Å². The van der Waals surface area contributed by atoms with Gasteiger partial charge in [-0.05, 0) is 29.8 Å². The number of nitriles is 1. The first-order chi connectivity index (χ1) is 12.1. The smallest absolute Gasteiger partial charge is 0.227 e. The number of hydrogen-bond donors (Lipinski definition) is 1. The van der Waals surface area contributed by atoms with Crippen molar-refractivity contribution < 1.29 is 14.1 Å². The molecule has 1 fully saturated rings. The molecule has 1 aliphatic rings. The second-order valence-electron chi connectivity index (χ2n) is 6.42. The summed E-state index contributed by atoms with van der Waals surface area (Å²) in [4.78, 5) is 15.7. The number of carbonyl (C=O) groups excluding carboxylic acids is 1. The predicted octanol–water partition coefficient (Wildman–Crippen LogP) is 1.17. The summed E-state index contributed by atoms with van der Waals surface area (Å²) in [5, 5.41) is 8.84. The lowest BCUT2D eigenvalue weighted by Crippen LogP contribution is -3.13. The summed E-state index contributed by atoms with van der Waals surface area (Å²) < 4.78 is 13.2. The molecule has 0 radical (unpaired) electrons. The van der Waals surface area contributed by atoms with Gasteiger partial charge < -0.3 is 9.80 Å². The molecule has 25 heavy (non-hydrogen) atoms. The molecule has 1 amide bonds. The van der Waals surface area contributed by atoms with Crippen LogP contribution in [0.2, 0.25) is 0 Å². The van der Waals surface area contributed by atoms with Crippen molar-refractivity contribution in [2.75, 3.05) is 26.2 Å². The lowest BCUT2D eigenvalue weighted by atomic mass is 10.1. The Balaban J connectivity index is 1.49. The van der Waals surface area contributed by atoms with E-state index in [2.05, 4.69) is 6.07 Å². The lowest BCUT2D eigenvalue weighted by Gasteiger charge is -2.32. The zero-order valence-electron chi connectivity index (χ0n) is 14.0. The largest absolute Gasteiger partial charge is 0.331 e. The van der Waals surface area contributed by atoms with Crippen molar-refractivity contribution in [1.82, 2.24) is 4.90 Å². The molecule has 0 spiro atoms. The van der Waals surface area contributed by atoms with Crippen molar-refractivity contribution in [2.24, 2.45) is 0 Å². The van der Waals surface area contributed by atoms with E-state index >= 15 is 0 Å². The standard InChI is InChI=1S/C20H20FN3O/c21-19-3-1-2-18(12-19)13-20(25)24-10-8-23(9-11-24)15-17-6-4-16(14-22)5-7-17/h1-7,12H,8-11,13,15H2/p+1. The minimum absolute atomic E-state index is 0.0584. The van der Waals surface area contributed by atoms with Gasteiger partial charge in [0.1, 0.15) is 12.4 Å². The van der Waals surface area contributed by atoms with Gasteiger partial charge in [0.25, 0.3) is 0 Å². The van der Waals surface area contributed by atoms with Crippen molar-refractivity contribution in [1.29, 1.82) is 5.26 Å². The number of rotatable bonds is 4. The predicted molar refractivity (Wildman–Crippen MR) is 92.2 cm³/mol. The quantitative estimate of drug-likeness (QED) is 0.910. The lowest BCUT2D eigenvalue weighted by molar-refractivity contribution is -0.917. The van der Waals surface area contributed by atoms with E-state index in [0.29, 0.717) is 5.56 Å². The van der Waals surface area contributed by atoms with Crippen LogP contribution in [0.1, 0.15) is 16.7 Å². The van der Waals surface area contributed by atoms with Crippen molar-refractivity contribution >= 4 is 5.91 Å². The maximum Gasteiger partial charge on any atom is 0.227 e. The van der Waals surface area contributed by atoms with Gasteiger partial charge in [-0.1, -0.05) is 24.3 Å². The number of halogens is 1. The molecule has 0 aromatic heterocycles. The van der Waals surface area contributed by atoms with E-state index in [-0.39, 0.29) is 18.1 Å². The molecule has 0 aliphatic carbocycles. The molecule has 1 saturated heterocycles. The van der Waals surface area contributed by atoms with Crippen LogP contribution in [0.15, 0.2) is 48.5 Å². The van der Waals surface area contributed by atoms with E-state index in [0.717, 1.165) is 38.3 Å². The van der Waals surface area contributed by atoms with Crippen LogP contribution in [0.4, 0.5) is 4.39 Å². The van der Waals surface area contributed by atoms with E-state index in [1.165, 1.54) is 22.6 Å². The number of nitrogens with zero attached hydrogens (tertiary/aromatic N) is 2. The molecule has 0 atom stereocenters. The Morgan fingerprint density at radius 2 is 1.84 bits per heavy atom. The topological polar surface area (TPSA) is 48.5 Å². The zero-order chi connectivity index (χ0) is 17.6. The molecule has 1 N–H and O–H groups in total. The monoisotopic (exact) mass is 338 g/mol. The molecular weight excluding hydrogens is 317 g/mol. The van der Waals surface area contributed by atoms with Crippen LogP contribution in [-0.4, -0.2) is 37.0 Å². The van der Waals surface area contributed by atoms with Gasteiger partial charge in [0.2, 0.25) is 5.91 Å². The molecule has 0 saturated carbocycles. The highest BCUT2D eigenvalue weighted by Crippen LogP contribution is 2.07. The van der Waals surface area contributed by atoms with Gasteiger partial charge in [-0.25, -0.2) is 4.39 Å². The third-order valence-electron chi connectivity index (χ3n) is 4.60. The fourth-order valence-electron chi connectivity index (χ4n) is 3.17. The first-order valence-electron chi connectivity index (χ1n) is 8.49. The SMILES string of the molecule is N#Cc1ccc(C[NH+]2CCN(C(=O)Cc3cccc(F)c3)CC2)cc1. The maximum absolute atomic E-state index is 13.2. The Morgan fingerprint density at radius 1 is 1.12 bits per heavy atom. The third kappa shape index (κ3) is 4.65. The van der Waals surface area contributed by atoms with Gasteiger partial charge in [0.15, 0.2) is 0 Å². The summed E-state index contributed by atoms with van der Waals surface area (Å²) in [6.07, 6.45) is 0.253. The number of amides is 1. The highest BCUT2D eigenvalue weighted by Gasteiger charge is 2.23. The average Bonchev–Trinajstić information content (AvgIpc) is 2.63. The molecule has 2 aromatic rings. The second kappa shape index (κ2) is 7.91.